The van der Waals surface area contributed by atoms with Crippen LogP contribution in [0.15, 0.2) is 0 Å². The minimum Gasteiger partial charge on any atom is -0.353 e. The number of alkyl halides is 1. The van der Waals surface area contributed by atoms with Crippen LogP contribution >= 0.6 is 15.9 Å². The van der Waals surface area contributed by atoms with E-state index >= 15 is 0 Å². The van der Waals surface area contributed by atoms with Crippen LogP contribution in [-0.4, -0.2) is 17.3 Å². The van der Waals surface area contributed by atoms with Gasteiger partial charge in [-0.2, -0.15) is 0 Å². The summed E-state index contributed by atoms with van der Waals surface area (Å²) in [6.45, 7) is 10.3. The van der Waals surface area contributed by atoms with Gasteiger partial charge in [-0.3, -0.25) is 4.79 Å². The lowest BCUT2D eigenvalue weighted by molar-refractivity contribution is -0.130. The molecule has 0 bridgehead atoms. The van der Waals surface area contributed by atoms with Crippen LogP contribution in [0.4, 0.5) is 0 Å². The van der Waals surface area contributed by atoms with E-state index in [0.29, 0.717) is 5.92 Å². The van der Waals surface area contributed by atoms with Gasteiger partial charge in [0.2, 0.25) is 5.91 Å². The molecule has 1 N–H and O–H groups in total. The lowest BCUT2D eigenvalue weighted by Crippen LogP contribution is -2.45. The standard InChI is InChI=1S/C12H24BrNO/c1-6-12(4,5)11(15)14-10(7-8-13)9(2)3/h9-10H,6-8H2,1-5H3,(H,14,15). The highest BCUT2D eigenvalue weighted by atomic mass is 79.9. The maximum absolute atomic E-state index is 12.0. The van der Waals surface area contributed by atoms with Gasteiger partial charge in [-0.25, -0.2) is 0 Å². The van der Waals surface area contributed by atoms with Crippen molar-refractivity contribution in [1.29, 1.82) is 0 Å². The van der Waals surface area contributed by atoms with E-state index in [1.54, 1.807) is 0 Å². The molecule has 0 aliphatic heterocycles. The Morgan fingerprint density at radius 1 is 1.40 bits per heavy atom. The Morgan fingerprint density at radius 2 is 1.93 bits per heavy atom. The van der Waals surface area contributed by atoms with Gasteiger partial charge < -0.3 is 5.32 Å². The van der Waals surface area contributed by atoms with Gasteiger partial charge in [0.1, 0.15) is 0 Å². The van der Waals surface area contributed by atoms with Crippen molar-refractivity contribution in [3.8, 4) is 0 Å². The van der Waals surface area contributed by atoms with Gasteiger partial charge in [0.15, 0.2) is 0 Å². The van der Waals surface area contributed by atoms with Crippen molar-refractivity contribution < 1.29 is 4.79 Å². The van der Waals surface area contributed by atoms with Gasteiger partial charge in [-0.05, 0) is 18.8 Å². The normalized spacial score (nSPS) is 14.1. The molecule has 0 fully saturated rings. The maximum atomic E-state index is 12.0. The smallest absolute Gasteiger partial charge is 0.225 e. The van der Waals surface area contributed by atoms with Crippen LogP contribution in [0.3, 0.4) is 0 Å². The molecule has 0 aliphatic rings. The average molecular weight is 278 g/mol. The van der Waals surface area contributed by atoms with Crippen LogP contribution in [0.5, 0.6) is 0 Å². The van der Waals surface area contributed by atoms with Gasteiger partial charge in [0, 0.05) is 16.8 Å². The highest BCUT2D eigenvalue weighted by molar-refractivity contribution is 9.09. The van der Waals surface area contributed by atoms with Gasteiger partial charge in [0.25, 0.3) is 0 Å². The molecule has 1 atom stereocenters. The number of nitrogens with one attached hydrogen (secondary N) is 1. The minimum absolute atomic E-state index is 0.171. The second-order valence-electron chi connectivity index (χ2n) is 5.04. The van der Waals surface area contributed by atoms with Crippen LogP contribution < -0.4 is 5.32 Å². The number of hydrogen-bond donors (Lipinski definition) is 1. The molecule has 15 heavy (non-hydrogen) atoms. The van der Waals surface area contributed by atoms with E-state index in [4.69, 9.17) is 0 Å². The van der Waals surface area contributed by atoms with Crippen molar-refractivity contribution in [2.24, 2.45) is 11.3 Å². The number of halogens is 1. The fourth-order valence-corrected chi connectivity index (χ4v) is 1.71. The molecule has 1 amide bonds. The first-order valence-electron chi connectivity index (χ1n) is 5.72. The molecule has 0 aliphatic carbocycles. The Labute approximate surface area is 102 Å². The highest BCUT2D eigenvalue weighted by Crippen LogP contribution is 2.21. The van der Waals surface area contributed by atoms with E-state index in [9.17, 15) is 4.79 Å². The van der Waals surface area contributed by atoms with Crippen molar-refractivity contribution >= 4 is 21.8 Å². The van der Waals surface area contributed by atoms with E-state index in [2.05, 4.69) is 42.0 Å². The second-order valence-corrected chi connectivity index (χ2v) is 5.83. The summed E-state index contributed by atoms with van der Waals surface area (Å²) in [6, 6.07) is 0.280. The van der Waals surface area contributed by atoms with Crippen LogP contribution in [0, 0.1) is 11.3 Å². The first kappa shape index (κ1) is 14.9. The molecule has 0 aromatic heterocycles. The van der Waals surface area contributed by atoms with Crippen molar-refractivity contribution in [2.45, 2.75) is 53.5 Å². The Bertz CT molecular complexity index is 202. The van der Waals surface area contributed by atoms with Gasteiger partial charge in [0.05, 0.1) is 0 Å². The van der Waals surface area contributed by atoms with E-state index in [1.165, 1.54) is 0 Å². The first-order valence-corrected chi connectivity index (χ1v) is 6.84. The first-order chi connectivity index (χ1) is 6.85. The van der Waals surface area contributed by atoms with E-state index < -0.39 is 0 Å². The van der Waals surface area contributed by atoms with E-state index in [-0.39, 0.29) is 17.4 Å². The number of amides is 1. The molecule has 0 aromatic carbocycles. The van der Waals surface area contributed by atoms with Crippen molar-refractivity contribution in [1.82, 2.24) is 5.32 Å². The Balaban J connectivity index is 4.35. The van der Waals surface area contributed by atoms with Gasteiger partial charge in [-0.1, -0.05) is 50.5 Å². The Morgan fingerprint density at radius 3 is 2.27 bits per heavy atom. The number of carbonyl (C=O) groups excluding carboxylic acids is 1. The minimum atomic E-state index is -0.251. The summed E-state index contributed by atoms with van der Waals surface area (Å²) in [4.78, 5) is 12.0. The predicted octanol–water partition coefficient (Wildman–Crippen LogP) is 3.35. The topological polar surface area (TPSA) is 29.1 Å². The SMILES string of the molecule is CCC(C)(C)C(=O)NC(CCBr)C(C)C. The highest BCUT2D eigenvalue weighted by Gasteiger charge is 2.27. The summed E-state index contributed by atoms with van der Waals surface area (Å²) in [7, 11) is 0. The summed E-state index contributed by atoms with van der Waals surface area (Å²) in [6.07, 6.45) is 1.86. The van der Waals surface area contributed by atoms with Gasteiger partial charge in [-0.15, -0.1) is 0 Å². The molecule has 1 unspecified atom stereocenters. The third kappa shape index (κ3) is 5.01. The molecule has 0 heterocycles. The zero-order chi connectivity index (χ0) is 12.1. The third-order valence-corrected chi connectivity index (χ3v) is 3.50. The molecule has 0 aromatic rings. The van der Waals surface area contributed by atoms with Crippen LogP contribution in [0.1, 0.15) is 47.5 Å². The molecule has 2 nitrogen and oxygen atoms in total. The van der Waals surface area contributed by atoms with Crippen LogP contribution in [-0.2, 0) is 4.79 Å². The van der Waals surface area contributed by atoms with E-state index in [1.807, 2.05) is 13.8 Å². The fraction of sp³-hybridized carbons (Fsp3) is 0.917. The lowest BCUT2D eigenvalue weighted by atomic mass is 9.88. The lowest BCUT2D eigenvalue weighted by Gasteiger charge is -2.28. The van der Waals surface area contributed by atoms with Crippen molar-refractivity contribution in [2.75, 3.05) is 5.33 Å². The van der Waals surface area contributed by atoms with Crippen molar-refractivity contribution in [3.05, 3.63) is 0 Å². The fourth-order valence-electron chi connectivity index (χ4n) is 1.21. The quantitative estimate of drug-likeness (QED) is 0.742. The summed E-state index contributed by atoms with van der Waals surface area (Å²) >= 11 is 3.42. The van der Waals surface area contributed by atoms with Crippen molar-refractivity contribution in [3.63, 3.8) is 0 Å². The summed E-state index contributed by atoms with van der Waals surface area (Å²) in [5, 5.41) is 4.07. The Hall–Kier alpha value is -0.0500. The maximum Gasteiger partial charge on any atom is 0.225 e. The molecule has 0 spiro atoms. The number of rotatable bonds is 6. The summed E-state index contributed by atoms with van der Waals surface area (Å²) in [5.41, 5.74) is -0.251. The third-order valence-electron chi connectivity index (χ3n) is 3.04. The molecule has 0 radical (unpaired) electrons. The zero-order valence-corrected chi connectivity index (χ0v) is 12.1. The molecule has 0 saturated carbocycles. The van der Waals surface area contributed by atoms with E-state index in [0.717, 1.165) is 18.2 Å². The molecular formula is C12H24BrNO. The van der Waals surface area contributed by atoms with Gasteiger partial charge >= 0.3 is 0 Å². The second kappa shape index (κ2) is 6.51. The Kier molecular flexibility index (Phi) is 6.49. The molecule has 0 saturated heterocycles. The predicted molar refractivity (Wildman–Crippen MR) is 69.3 cm³/mol. The monoisotopic (exact) mass is 277 g/mol. The van der Waals surface area contributed by atoms with Crippen LogP contribution in [0.25, 0.3) is 0 Å². The zero-order valence-electron chi connectivity index (χ0n) is 10.6. The molecule has 3 heteroatoms. The number of carbonyl (C=O) groups is 1. The average Bonchev–Trinajstić information content (AvgIpc) is 2.16. The largest absolute Gasteiger partial charge is 0.353 e. The molecular weight excluding hydrogens is 254 g/mol. The summed E-state index contributed by atoms with van der Waals surface area (Å²) < 4.78 is 0. The number of hydrogen-bond acceptors (Lipinski definition) is 1. The summed E-state index contributed by atoms with van der Waals surface area (Å²) in [5.74, 6) is 0.656. The molecule has 90 valence electrons. The van der Waals surface area contributed by atoms with Crippen LogP contribution in [0.2, 0.25) is 0 Å². The molecule has 0 rings (SSSR count).